The number of halogens is 1. The number of likely N-dealkylation sites (tertiary alicyclic amines) is 1. The molecule has 0 bridgehead atoms. The molecule has 24 heavy (non-hydrogen) atoms. The van der Waals surface area contributed by atoms with E-state index in [9.17, 15) is 14.0 Å². The van der Waals surface area contributed by atoms with Gasteiger partial charge < -0.3 is 10.2 Å². The Morgan fingerprint density at radius 1 is 1.33 bits per heavy atom. The van der Waals surface area contributed by atoms with Gasteiger partial charge in [-0.2, -0.15) is 0 Å². The number of nitrogens with one attached hydrogen (secondary N) is 1. The third-order valence-corrected chi connectivity index (χ3v) is 4.68. The number of hydrogen-bond donors (Lipinski definition) is 1. The minimum absolute atomic E-state index is 0.0164. The highest BCUT2D eigenvalue weighted by atomic mass is 19.1. The van der Waals surface area contributed by atoms with E-state index in [1.165, 1.54) is 13.1 Å². The summed E-state index contributed by atoms with van der Waals surface area (Å²) in [7, 11) is 1.54. The molecule has 2 unspecified atom stereocenters. The summed E-state index contributed by atoms with van der Waals surface area (Å²) in [6.45, 7) is 5.74. The fourth-order valence-electron chi connectivity index (χ4n) is 3.41. The van der Waals surface area contributed by atoms with Crippen LogP contribution >= 0.6 is 0 Å². The maximum atomic E-state index is 14.3. The largest absolute Gasteiger partial charge is 0.358 e. The van der Waals surface area contributed by atoms with Crippen molar-refractivity contribution in [3.63, 3.8) is 0 Å². The fourth-order valence-corrected chi connectivity index (χ4v) is 3.41. The Balaban J connectivity index is 2.37. The number of nitrogens with zero attached hydrogens (tertiary/aromatic N) is 2. The fraction of sp³-hybridized carbons (Fsp3) is 0.556. The number of hydrogen-bond acceptors (Lipinski definition) is 3. The topological polar surface area (TPSA) is 52.7 Å². The molecule has 0 spiro atoms. The second-order valence-electron chi connectivity index (χ2n) is 5.94. The molecular weight excluding hydrogens is 309 g/mol. The van der Waals surface area contributed by atoms with E-state index in [1.807, 2.05) is 18.7 Å². The number of likely N-dealkylation sites (N-methyl/N-ethyl adjacent to an activating group) is 2. The van der Waals surface area contributed by atoms with Crippen LogP contribution < -0.4 is 5.32 Å². The van der Waals surface area contributed by atoms with Gasteiger partial charge in [-0.1, -0.05) is 18.2 Å². The van der Waals surface area contributed by atoms with Gasteiger partial charge in [0.2, 0.25) is 11.8 Å². The summed E-state index contributed by atoms with van der Waals surface area (Å²) in [6, 6.07) is 5.11. The standard InChI is InChI=1S/C18H26FN3O2/c1-4-21(5-2)18(24)15-11-8-12-22(15)16(17(23)20-3)13-9-6-7-10-14(13)19/h6-7,9-10,15-16H,4-5,8,11-12H2,1-3H3,(H,20,23). The molecule has 132 valence electrons. The van der Waals surface area contributed by atoms with Crippen LogP contribution in [0.2, 0.25) is 0 Å². The zero-order valence-electron chi connectivity index (χ0n) is 14.6. The highest BCUT2D eigenvalue weighted by Gasteiger charge is 2.41. The maximum absolute atomic E-state index is 14.3. The number of amides is 2. The maximum Gasteiger partial charge on any atom is 0.241 e. The molecule has 2 atom stereocenters. The van der Waals surface area contributed by atoms with Gasteiger partial charge in [-0.05, 0) is 32.8 Å². The van der Waals surface area contributed by atoms with Gasteiger partial charge in [0.25, 0.3) is 0 Å². The average Bonchev–Trinajstić information content (AvgIpc) is 3.06. The normalized spacial score (nSPS) is 19.1. The van der Waals surface area contributed by atoms with Crippen molar-refractivity contribution in [2.45, 2.75) is 38.8 Å². The van der Waals surface area contributed by atoms with E-state index in [0.29, 0.717) is 31.6 Å². The number of carbonyl (C=O) groups is 2. The second-order valence-corrected chi connectivity index (χ2v) is 5.94. The van der Waals surface area contributed by atoms with E-state index in [-0.39, 0.29) is 17.9 Å². The van der Waals surface area contributed by atoms with Crippen LogP contribution in [0.1, 0.15) is 38.3 Å². The Hall–Kier alpha value is -1.95. The van der Waals surface area contributed by atoms with Crippen LogP contribution in [0.15, 0.2) is 24.3 Å². The molecule has 1 saturated heterocycles. The quantitative estimate of drug-likeness (QED) is 0.864. The Morgan fingerprint density at radius 2 is 2.00 bits per heavy atom. The van der Waals surface area contributed by atoms with Crippen molar-refractivity contribution >= 4 is 11.8 Å². The van der Waals surface area contributed by atoms with Gasteiger partial charge in [0.1, 0.15) is 11.9 Å². The second kappa shape index (κ2) is 8.24. The highest BCUT2D eigenvalue weighted by molar-refractivity contribution is 5.86. The first-order valence-electron chi connectivity index (χ1n) is 8.55. The summed E-state index contributed by atoms with van der Waals surface area (Å²) in [5.74, 6) is -0.700. The lowest BCUT2D eigenvalue weighted by Gasteiger charge is -2.34. The van der Waals surface area contributed by atoms with Gasteiger partial charge in [0, 0.05) is 32.2 Å². The highest BCUT2D eigenvalue weighted by Crippen LogP contribution is 2.32. The molecule has 1 aromatic carbocycles. The first-order chi connectivity index (χ1) is 11.5. The van der Waals surface area contributed by atoms with Crippen LogP contribution in [0, 0.1) is 5.82 Å². The van der Waals surface area contributed by atoms with Gasteiger partial charge >= 0.3 is 0 Å². The van der Waals surface area contributed by atoms with Gasteiger partial charge in [-0.15, -0.1) is 0 Å². The molecule has 5 nitrogen and oxygen atoms in total. The SMILES string of the molecule is CCN(CC)C(=O)C1CCCN1C(C(=O)NC)c1ccccc1F. The van der Waals surface area contributed by atoms with Crippen molar-refractivity contribution in [2.24, 2.45) is 0 Å². The number of carbonyl (C=O) groups excluding carboxylic acids is 2. The van der Waals surface area contributed by atoms with Crippen LogP contribution in [0.4, 0.5) is 4.39 Å². The zero-order valence-corrected chi connectivity index (χ0v) is 14.6. The molecule has 2 amide bonds. The van der Waals surface area contributed by atoms with Crippen molar-refractivity contribution in [3.8, 4) is 0 Å². The van der Waals surface area contributed by atoms with Gasteiger partial charge in [0.05, 0.1) is 6.04 Å². The molecule has 0 aliphatic carbocycles. The predicted molar refractivity (Wildman–Crippen MR) is 90.9 cm³/mol. The molecule has 1 heterocycles. The van der Waals surface area contributed by atoms with E-state index in [2.05, 4.69) is 5.32 Å². The summed E-state index contributed by atoms with van der Waals surface area (Å²) in [5, 5.41) is 2.61. The summed E-state index contributed by atoms with van der Waals surface area (Å²) in [4.78, 5) is 28.9. The Labute approximate surface area is 142 Å². The first kappa shape index (κ1) is 18.4. The van der Waals surface area contributed by atoms with Crippen LogP contribution in [0.5, 0.6) is 0 Å². The van der Waals surface area contributed by atoms with E-state index in [4.69, 9.17) is 0 Å². The van der Waals surface area contributed by atoms with Crippen LogP contribution in [0.3, 0.4) is 0 Å². The molecule has 1 aromatic rings. The van der Waals surface area contributed by atoms with E-state index in [0.717, 1.165) is 6.42 Å². The summed E-state index contributed by atoms with van der Waals surface area (Å²) in [6.07, 6.45) is 1.51. The molecular formula is C18H26FN3O2. The molecule has 0 radical (unpaired) electrons. The number of rotatable bonds is 6. The molecule has 1 aliphatic heterocycles. The van der Waals surface area contributed by atoms with Crippen molar-refractivity contribution < 1.29 is 14.0 Å². The minimum atomic E-state index is -0.789. The van der Waals surface area contributed by atoms with Crippen molar-refractivity contribution in [1.82, 2.24) is 15.1 Å². The smallest absolute Gasteiger partial charge is 0.241 e. The number of benzene rings is 1. The molecule has 2 rings (SSSR count). The molecule has 6 heteroatoms. The molecule has 1 N–H and O–H groups in total. The zero-order chi connectivity index (χ0) is 17.7. The monoisotopic (exact) mass is 335 g/mol. The average molecular weight is 335 g/mol. The Morgan fingerprint density at radius 3 is 2.58 bits per heavy atom. The lowest BCUT2D eigenvalue weighted by Crippen LogP contribution is -2.49. The third-order valence-electron chi connectivity index (χ3n) is 4.68. The van der Waals surface area contributed by atoms with Gasteiger partial charge in [0.15, 0.2) is 0 Å². The lowest BCUT2D eigenvalue weighted by atomic mass is 10.0. The lowest BCUT2D eigenvalue weighted by molar-refractivity contribution is -0.138. The molecule has 1 aliphatic rings. The van der Waals surface area contributed by atoms with Gasteiger partial charge in [-0.25, -0.2) is 4.39 Å². The Bertz CT molecular complexity index is 589. The Kier molecular flexibility index (Phi) is 6.31. The van der Waals surface area contributed by atoms with E-state index >= 15 is 0 Å². The van der Waals surface area contributed by atoms with E-state index < -0.39 is 11.9 Å². The summed E-state index contributed by atoms with van der Waals surface area (Å²) >= 11 is 0. The predicted octanol–water partition coefficient (Wildman–Crippen LogP) is 1.95. The molecule has 1 fully saturated rings. The van der Waals surface area contributed by atoms with E-state index in [1.54, 1.807) is 23.1 Å². The van der Waals surface area contributed by atoms with Crippen molar-refractivity contribution in [3.05, 3.63) is 35.6 Å². The van der Waals surface area contributed by atoms with Crippen LogP contribution in [0.25, 0.3) is 0 Å². The van der Waals surface area contributed by atoms with Crippen molar-refractivity contribution in [1.29, 1.82) is 0 Å². The summed E-state index contributed by atoms with van der Waals surface area (Å²) < 4.78 is 14.3. The van der Waals surface area contributed by atoms with Crippen LogP contribution in [-0.2, 0) is 9.59 Å². The molecule has 0 saturated carbocycles. The molecule has 0 aromatic heterocycles. The third kappa shape index (κ3) is 3.59. The first-order valence-corrected chi connectivity index (χ1v) is 8.55. The minimum Gasteiger partial charge on any atom is -0.358 e. The van der Waals surface area contributed by atoms with Crippen LogP contribution in [-0.4, -0.2) is 54.3 Å². The van der Waals surface area contributed by atoms with Crippen molar-refractivity contribution in [2.75, 3.05) is 26.7 Å². The summed E-state index contributed by atoms with van der Waals surface area (Å²) in [5.41, 5.74) is 0.316. The van der Waals surface area contributed by atoms with Gasteiger partial charge in [-0.3, -0.25) is 14.5 Å².